The number of halogens is 1. The van der Waals surface area contributed by atoms with Crippen LogP contribution in [0.15, 0.2) is 24.3 Å². The molecular weight excluding hydrogens is 259 g/mol. The van der Waals surface area contributed by atoms with Crippen LogP contribution in [0.1, 0.15) is 24.2 Å². The van der Waals surface area contributed by atoms with Crippen LogP contribution in [0.5, 0.6) is 0 Å². The minimum Gasteiger partial charge on any atom is -0.394 e. The molecule has 0 fully saturated rings. The SMILES string of the molecule is CC[C@H](c1ccc(F)cc1)S(=O)(=O)C[C@@H](O)CO. The summed E-state index contributed by atoms with van der Waals surface area (Å²) in [4.78, 5) is 0. The first-order valence-electron chi connectivity index (χ1n) is 5.66. The molecule has 0 aromatic heterocycles. The van der Waals surface area contributed by atoms with Gasteiger partial charge in [0.15, 0.2) is 9.84 Å². The molecule has 0 bridgehead atoms. The molecule has 0 saturated carbocycles. The molecule has 0 aliphatic carbocycles. The van der Waals surface area contributed by atoms with Gasteiger partial charge in [-0.15, -0.1) is 0 Å². The Hall–Kier alpha value is -0.980. The first-order chi connectivity index (χ1) is 8.40. The Morgan fingerprint density at radius 1 is 1.28 bits per heavy atom. The highest BCUT2D eigenvalue weighted by atomic mass is 32.2. The molecule has 0 heterocycles. The highest BCUT2D eigenvalue weighted by molar-refractivity contribution is 7.91. The molecular formula is C12H17FO4S. The molecule has 0 unspecified atom stereocenters. The quantitative estimate of drug-likeness (QED) is 0.814. The van der Waals surface area contributed by atoms with Crippen LogP contribution in [0.2, 0.25) is 0 Å². The average molecular weight is 276 g/mol. The number of sulfone groups is 1. The fourth-order valence-corrected chi connectivity index (χ4v) is 3.77. The average Bonchev–Trinajstić information content (AvgIpc) is 2.31. The molecule has 6 heteroatoms. The van der Waals surface area contributed by atoms with Gasteiger partial charge in [-0.1, -0.05) is 19.1 Å². The van der Waals surface area contributed by atoms with E-state index in [1.807, 2.05) is 0 Å². The summed E-state index contributed by atoms with van der Waals surface area (Å²) in [6, 6.07) is 5.25. The minimum atomic E-state index is -3.58. The van der Waals surface area contributed by atoms with E-state index < -0.39 is 39.4 Å². The van der Waals surface area contributed by atoms with Crippen LogP contribution in [0.3, 0.4) is 0 Å². The normalized spacial score (nSPS) is 15.3. The van der Waals surface area contributed by atoms with Crippen molar-refractivity contribution in [1.82, 2.24) is 0 Å². The first-order valence-corrected chi connectivity index (χ1v) is 7.38. The van der Waals surface area contributed by atoms with Gasteiger partial charge in [0.05, 0.1) is 23.7 Å². The van der Waals surface area contributed by atoms with E-state index in [0.717, 1.165) is 0 Å². The number of hydrogen-bond acceptors (Lipinski definition) is 4. The fraction of sp³-hybridized carbons (Fsp3) is 0.500. The van der Waals surface area contributed by atoms with E-state index in [0.29, 0.717) is 12.0 Å². The predicted molar refractivity (Wildman–Crippen MR) is 66.3 cm³/mol. The van der Waals surface area contributed by atoms with Gasteiger partial charge < -0.3 is 10.2 Å². The van der Waals surface area contributed by atoms with Crippen molar-refractivity contribution in [3.05, 3.63) is 35.6 Å². The lowest BCUT2D eigenvalue weighted by Gasteiger charge is -2.18. The third-order valence-corrected chi connectivity index (χ3v) is 5.00. The summed E-state index contributed by atoms with van der Waals surface area (Å²) < 4.78 is 36.9. The van der Waals surface area contributed by atoms with Crippen molar-refractivity contribution in [2.24, 2.45) is 0 Å². The predicted octanol–water partition coefficient (Wildman–Crippen LogP) is 1.04. The molecule has 4 nitrogen and oxygen atoms in total. The van der Waals surface area contributed by atoms with Crippen molar-refractivity contribution in [1.29, 1.82) is 0 Å². The van der Waals surface area contributed by atoms with Crippen LogP contribution in [0.4, 0.5) is 4.39 Å². The zero-order valence-corrected chi connectivity index (χ0v) is 10.9. The van der Waals surface area contributed by atoms with Crippen LogP contribution in [-0.2, 0) is 9.84 Å². The third-order valence-electron chi connectivity index (χ3n) is 2.68. The zero-order chi connectivity index (χ0) is 13.8. The Balaban J connectivity index is 2.99. The third kappa shape index (κ3) is 3.76. The summed E-state index contributed by atoms with van der Waals surface area (Å²) in [5.74, 6) is -0.930. The molecule has 0 spiro atoms. The number of aliphatic hydroxyl groups excluding tert-OH is 2. The van der Waals surface area contributed by atoms with Gasteiger partial charge >= 0.3 is 0 Å². The Labute approximate surface area is 106 Å². The van der Waals surface area contributed by atoms with E-state index in [1.165, 1.54) is 24.3 Å². The Morgan fingerprint density at radius 2 is 1.83 bits per heavy atom. The zero-order valence-electron chi connectivity index (χ0n) is 10.1. The van der Waals surface area contributed by atoms with Crippen LogP contribution in [0, 0.1) is 5.82 Å². The van der Waals surface area contributed by atoms with E-state index in [-0.39, 0.29) is 0 Å². The maximum atomic E-state index is 12.8. The van der Waals surface area contributed by atoms with Crippen molar-refractivity contribution in [2.75, 3.05) is 12.4 Å². The number of rotatable bonds is 6. The molecule has 0 aliphatic heterocycles. The Morgan fingerprint density at radius 3 is 2.28 bits per heavy atom. The molecule has 18 heavy (non-hydrogen) atoms. The lowest BCUT2D eigenvalue weighted by molar-refractivity contribution is 0.112. The van der Waals surface area contributed by atoms with Crippen LogP contribution in [-0.4, -0.2) is 37.1 Å². The molecule has 1 rings (SSSR count). The van der Waals surface area contributed by atoms with Gasteiger partial charge in [0.25, 0.3) is 0 Å². The van der Waals surface area contributed by atoms with Crippen LogP contribution >= 0.6 is 0 Å². The van der Waals surface area contributed by atoms with E-state index in [4.69, 9.17) is 5.11 Å². The van der Waals surface area contributed by atoms with Gasteiger partial charge in [0.2, 0.25) is 0 Å². The summed E-state index contributed by atoms with van der Waals surface area (Å²) in [7, 11) is -3.58. The summed E-state index contributed by atoms with van der Waals surface area (Å²) in [5.41, 5.74) is 0.490. The first kappa shape index (κ1) is 15.1. The molecule has 2 N–H and O–H groups in total. The summed E-state index contributed by atoms with van der Waals surface area (Å²) in [5, 5.41) is 17.1. The van der Waals surface area contributed by atoms with E-state index in [9.17, 15) is 17.9 Å². The summed E-state index contributed by atoms with van der Waals surface area (Å²) >= 11 is 0. The second kappa shape index (κ2) is 6.26. The summed E-state index contributed by atoms with van der Waals surface area (Å²) in [6.07, 6.45) is -0.962. The van der Waals surface area contributed by atoms with Crippen molar-refractivity contribution in [2.45, 2.75) is 24.7 Å². The number of aliphatic hydroxyl groups is 2. The maximum Gasteiger partial charge on any atom is 0.159 e. The van der Waals surface area contributed by atoms with Gasteiger partial charge in [0, 0.05) is 0 Å². The topological polar surface area (TPSA) is 74.6 Å². The standard InChI is InChI=1S/C12H17FO4S/c1-2-12(9-3-5-10(13)6-4-9)18(16,17)8-11(15)7-14/h3-6,11-12,14-15H,2,7-8H2,1H3/t11-,12+/m0/s1. The lowest BCUT2D eigenvalue weighted by atomic mass is 10.1. The number of hydrogen-bond donors (Lipinski definition) is 2. The van der Waals surface area contributed by atoms with Crippen LogP contribution < -0.4 is 0 Å². The van der Waals surface area contributed by atoms with Gasteiger partial charge in [-0.25, -0.2) is 12.8 Å². The van der Waals surface area contributed by atoms with Crippen molar-refractivity contribution in [3.8, 4) is 0 Å². The molecule has 102 valence electrons. The molecule has 0 amide bonds. The van der Waals surface area contributed by atoms with Gasteiger partial charge in [0.1, 0.15) is 5.82 Å². The van der Waals surface area contributed by atoms with Crippen molar-refractivity contribution < 1.29 is 23.0 Å². The fourth-order valence-electron chi connectivity index (χ4n) is 1.81. The minimum absolute atomic E-state index is 0.326. The maximum absolute atomic E-state index is 12.8. The number of benzene rings is 1. The van der Waals surface area contributed by atoms with Gasteiger partial charge in [-0.3, -0.25) is 0 Å². The highest BCUT2D eigenvalue weighted by Crippen LogP contribution is 2.27. The van der Waals surface area contributed by atoms with E-state index in [1.54, 1.807) is 6.92 Å². The molecule has 2 atom stereocenters. The lowest BCUT2D eigenvalue weighted by Crippen LogP contribution is -2.27. The van der Waals surface area contributed by atoms with E-state index in [2.05, 4.69) is 0 Å². The second-order valence-electron chi connectivity index (χ2n) is 4.11. The molecule has 0 radical (unpaired) electrons. The largest absolute Gasteiger partial charge is 0.394 e. The Bertz CT molecular complexity index is 469. The Kier molecular flexibility index (Phi) is 5.25. The smallest absolute Gasteiger partial charge is 0.159 e. The molecule has 1 aromatic carbocycles. The van der Waals surface area contributed by atoms with Gasteiger partial charge in [-0.05, 0) is 24.1 Å². The van der Waals surface area contributed by atoms with Crippen molar-refractivity contribution in [3.63, 3.8) is 0 Å². The van der Waals surface area contributed by atoms with Crippen molar-refractivity contribution >= 4 is 9.84 Å². The van der Waals surface area contributed by atoms with E-state index >= 15 is 0 Å². The molecule has 0 saturated heterocycles. The molecule has 0 aliphatic rings. The van der Waals surface area contributed by atoms with Gasteiger partial charge in [-0.2, -0.15) is 0 Å². The molecule has 1 aromatic rings. The van der Waals surface area contributed by atoms with Crippen LogP contribution in [0.25, 0.3) is 0 Å². The summed E-state index contributed by atoms with van der Waals surface area (Å²) in [6.45, 7) is 1.11. The highest BCUT2D eigenvalue weighted by Gasteiger charge is 2.27. The second-order valence-corrected chi connectivity index (χ2v) is 6.34. The monoisotopic (exact) mass is 276 g/mol.